The lowest BCUT2D eigenvalue weighted by Crippen LogP contribution is -2.55. The molecule has 1 aromatic rings. The van der Waals surface area contributed by atoms with Crippen molar-refractivity contribution in [3.63, 3.8) is 0 Å². The third-order valence-corrected chi connectivity index (χ3v) is 7.26. The van der Waals surface area contributed by atoms with Crippen molar-refractivity contribution in [1.82, 2.24) is 10.6 Å². The summed E-state index contributed by atoms with van der Waals surface area (Å²) in [4.78, 5) is 12.4. The van der Waals surface area contributed by atoms with Crippen molar-refractivity contribution in [2.24, 2.45) is 5.92 Å². The molecular formula is C19H27F3N2O5S. The van der Waals surface area contributed by atoms with Crippen molar-refractivity contribution in [1.29, 1.82) is 0 Å². The maximum absolute atomic E-state index is 12.9. The van der Waals surface area contributed by atoms with Crippen LogP contribution in [0.2, 0.25) is 0 Å². The Morgan fingerprint density at radius 1 is 1.30 bits per heavy atom. The number of hydrogen-bond acceptors (Lipinski definition) is 6. The molecular weight excluding hydrogens is 425 g/mol. The van der Waals surface area contributed by atoms with Crippen LogP contribution in [-0.2, 0) is 20.4 Å². The van der Waals surface area contributed by atoms with Gasteiger partial charge in [-0.3, -0.25) is 4.79 Å². The maximum atomic E-state index is 12.9. The fourth-order valence-electron chi connectivity index (χ4n) is 3.33. The number of carbonyl (C=O) groups is 1. The van der Waals surface area contributed by atoms with Gasteiger partial charge in [-0.25, -0.2) is 8.42 Å². The zero-order valence-corrected chi connectivity index (χ0v) is 17.8. The molecule has 1 unspecified atom stereocenters. The van der Waals surface area contributed by atoms with Gasteiger partial charge in [-0.05, 0) is 30.0 Å². The summed E-state index contributed by atoms with van der Waals surface area (Å²) in [5.74, 6) is -1.07. The summed E-state index contributed by atoms with van der Waals surface area (Å²) in [6.07, 6.45) is -7.65. The van der Waals surface area contributed by atoms with Gasteiger partial charge in [0.25, 0.3) is 0 Å². The monoisotopic (exact) mass is 452 g/mol. The van der Waals surface area contributed by atoms with Crippen LogP contribution in [0.3, 0.4) is 0 Å². The average Bonchev–Trinajstić information content (AvgIpc) is 3.16. The molecule has 0 saturated carbocycles. The number of aliphatic hydroxyl groups excluding tert-OH is 1. The first-order chi connectivity index (χ1) is 13.8. The molecule has 4 atom stereocenters. The Balaban J connectivity index is 2.01. The van der Waals surface area contributed by atoms with E-state index in [0.717, 1.165) is 0 Å². The SMILES string of the molecule is COc1ccc(CS(=O)(=O)[C@H]2CNC(C(=O)N[C@@H](C(C)C)[C@H](O)C(F)(F)F)C2)cc1. The summed E-state index contributed by atoms with van der Waals surface area (Å²) in [5.41, 5.74) is 0.567. The molecule has 1 saturated heterocycles. The van der Waals surface area contributed by atoms with Crippen LogP contribution in [-0.4, -0.2) is 62.7 Å². The Hall–Kier alpha value is -1.85. The smallest absolute Gasteiger partial charge is 0.416 e. The van der Waals surface area contributed by atoms with Crippen LogP contribution in [0.1, 0.15) is 25.8 Å². The van der Waals surface area contributed by atoms with Crippen molar-refractivity contribution in [3.05, 3.63) is 29.8 Å². The minimum Gasteiger partial charge on any atom is -0.497 e. The number of sulfone groups is 1. The first-order valence-corrected chi connectivity index (χ1v) is 11.2. The third kappa shape index (κ3) is 6.08. The maximum Gasteiger partial charge on any atom is 0.416 e. The summed E-state index contributed by atoms with van der Waals surface area (Å²) in [6, 6.07) is 4.07. The number of carbonyl (C=O) groups excluding carboxylic acids is 1. The molecule has 1 aliphatic rings. The highest BCUT2D eigenvalue weighted by Crippen LogP contribution is 2.26. The van der Waals surface area contributed by atoms with Crippen LogP contribution >= 0.6 is 0 Å². The lowest BCUT2D eigenvalue weighted by atomic mass is 9.97. The number of rotatable bonds is 8. The van der Waals surface area contributed by atoms with E-state index >= 15 is 0 Å². The first kappa shape index (κ1) is 24.4. The highest BCUT2D eigenvalue weighted by Gasteiger charge is 2.46. The van der Waals surface area contributed by atoms with Crippen molar-refractivity contribution >= 4 is 15.7 Å². The molecule has 0 aliphatic carbocycles. The second-order valence-electron chi connectivity index (χ2n) is 7.74. The number of halogens is 3. The number of amides is 1. The Bertz CT molecular complexity index is 828. The highest BCUT2D eigenvalue weighted by atomic mass is 32.2. The molecule has 1 aromatic carbocycles. The Labute approximate surface area is 173 Å². The quantitative estimate of drug-likeness (QED) is 0.551. The van der Waals surface area contributed by atoms with Crippen molar-refractivity contribution in [2.75, 3.05) is 13.7 Å². The summed E-state index contributed by atoms with van der Waals surface area (Å²) in [7, 11) is -2.10. The minimum absolute atomic E-state index is 0.0186. The zero-order chi connectivity index (χ0) is 22.7. The summed E-state index contributed by atoms with van der Waals surface area (Å²) < 4.78 is 69.0. The number of benzene rings is 1. The molecule has 3 N–H and O–H groups in total. The second kappa shape index (κ2) is 9.52. The number of hydrogen-bond donors (Lipinski definition) is 3. The molecule has 1 aliphatic heterocycles. The number of ether oxygens (including phenoxy) is 1. The van der Waals surface area contributed by atoms with Gasteiger partial charge in [0.05, 0.1) is 30.2 Å². The van der Waals surface area contributed by atoms with Gasteiger partial charge in [-0.2, -0.15) is 13.2 Å². The molecule has 0 aromatic heterocycles. The highest BCUT2D eigenvalue weighted by molar-refractivity contribution is 7.91. The van der Waals surface area contributed by atoms with Gasteiger partial charge in [0, 0.05) is 6.54 Å². The second-order valence-corrected chi connectivity index (χ2v) is 10.0. The van der Waals surface area contributed by atoms with E-state index in [4.69, 9.17) is 4.74 Å². The average molecular weight is 452 g/mol. The molecule has 2 rings (SSSR count). The van der Waals surface area contributed by atoms with Gasteiger partial charge in [0.2, 0.25) is 5.91 Å². The fourth-order valence-corrected chi connectivity index (χ4v) is 5.06. The van der Waals surface area contributed by atoms with E-state index in [1.807, 2.05) is 0 Å². The summed E-state index contributed by atoms with van der Waals surface area (Å²) in [6.45, 7) is 2.92. The first-order valence-electron chi connectivity index (χ1n) is 9.48. The Morgan fingerprint density at radius 2 is 1.90 bits per heavy atom. The standard InChI is InChI=1S/C19H27F3N2O5S/c1-11(2)16(17(25)19(20,21)22)24-18(26)15-8-14(9-23-15)30(27,28)10-12-4-6-13(29-3)7-5-12/h4-7,11,14-17,23,25H,8-10H2,1-3H3,(H,24,26)/t14-,15?,16+,17+/m1/s1. The topological polar surface area (TPSA) is 105 Å². The minimum atomic E-state index is -4.88. The largest absolute Gasteiger partial charge is 0.497 e. The van der Waals surface area contributed by atoms with Crippen LogP contribution in [0.4, 0.5) is 13.2 Å². The van der Waals surface area contributed by atoms with Gasteiger partial charge < -0.3 is 20.5 Å². The van der Waals surface area contributed by atoms with Gasteiger partial charge in [-0.15, -0.1) is 0 Å². The molecule has 1 amide bonds. The van der Waals surface area contributed by atoms with Gasteiger partial charge in [0.1, 0.15) is 5.75 Å². The zero-order valence-electron chi connectivity index (χ0n) is 16.9. The number of alkyl halides is 3. The molecule has 0 spiro atoms. The van der Waals surface area contributed by atoms with E-state index in [9.17, 15) is 31.5 Å². The van der Waals surface area contributed by atoms with E-state index < -0.39 is 51.3 Å². The number of nitrogens with one attached hydrogen (secondary N) is 2. The van der Waals surface area contributed by atoms with E-state index in [2.05, 4.69) is 10.6 Å². The van der Waals surface area contributed by atoms with Gasteiger partial charge >= 0.3 is 6.18 Å². The van der Waals surface area contributed by atoms with Crippen molar-refractivity contribution in [2.45, 2.75) is 55.6 Å². The number of aliphatic hydroxyl groups is 1. The van der Waals surface area contributed by atoms with E-state index in [1.54, 1.807) is 24.3 Å². The number of methoxy groups -OCH3 is 1. The predicted molar refractivity (Wildman–Crippen MR) is 105 cm³/mol. The van der Waals surface area contributed by atoms with Crippen molar-refractivity contribution in [3.8, 4) is 5.75 Å². The molecule has 1 fully saturated rings. The van der Waals surface area contributed by atoms with Gasteiger partial charge in [0.15, 0.2) is 15.9 Å². The van der Waals surface area contributed by atoms with Crippen LogP contribution in [0.25, 0.3) is 0 Å². The fraction of sp³-hybridized carbons (Fsp3) is 0.632. The predicted octanol–water partition coefficient (Wildman–Crippen LogP) is 1.40. The lowest BCUT2D eigenvalue weighted by Gasteiger charge is -2.29. The Morgan fingerprint density at radius 3 is 2.40 bits per heavy atom. The third-order valence-electron chi connectivity index (χ3n) is 5.14. The molecule has 30 heavy (non-hydrogen) atoms. The molecule has 0 bridgehead atoms. The Kier molecular flexibility index (Phi) is 7.75. The van der Waals surface area contributed by atoms with Crippen LogP contribution < -0.4 is 15.4 Å². The van der Waals surface area contributed by atoms with Crippen molar-refractivity contribution < 1.29 is 36.2 Å². The van der Waals surface area contributed by atoms with E-state index in [0.29, 0.717) is 11.3 Å². The molecule has 7 nitrogen and oxygen atoms in total. The summed E-state index contributed by atoms with van der Waals surface area (Å²) >= 11 is 0. The van der Waals surface area contributed by atoms with E-state index in [-0.39, 0.29) is 18.7 Å². The molecule has 0 radical (unpaired) electrons. The molecule has 170 valence electrons. The molecule has 11 heteroatoms. The lowest BCUT2D eigenvalue weighted by molar-refractivity contribution is -0.215. The van der Waals surface area contributed by atoms with Crippen LogP contribution in [0.5, 0.6) is 5.75 Å². The van der Waals surface area contributed by atoms with E-state index in [1.165, 1.54) is 21.0 Å². The van der Waals surface area contributed by atoms with Gasteiger partial charge in [-0.1, -0.05) is 26.0 Å². The molecule has 1 heterocycles. The summed E-state index contributed by atoms with van der Waals surface area (Å²) in [5, 5.41) is 13.7. The van der Waals surface area contributed by atoms with Crippen LogP contribution in [0, 0.1) is 5.92 Å². The van der Waals surface area contributed by atoms with Crippen LogP contribution in [0.15, 0.2) is 24.3 Å². The normalized spacial score (nSPS) is 22.0.